The summed E-state index contributed by atoms with van der Waals surface area (Å²) < 4.78 is 1.67. The summed E-state index contributed by atoms with van der Waals surface area (Å²) >= 11 is 0. The largest absolute Gasteiger partial charge is 0.399 e. The number of aryl methyl sites for hydroxylation is 2. The maximum absolute atomic E-state index is 12.5. The molecule has 0 atom stereocenters. The Bertz CT molecular complexity index is 601. The minimum atomic E-state index is 0.00919. The Labute approximate surface area is 119 Å². The maximum atomic E-state index is 12.5. The molecule has 0 saturated heterocycles. The van der Waals surface area contributed by atoms with Crippen LogP contribution in [0.2, 0.25) is 0 Å². The molecular weight excluding hydrogens is 252 g/mol. The molecule has 1 aromatic carbocycles. The summed E-state index contributed by atoms with van der Waals surface area (Å²) in [6.45, 7) is 5.05. The van der Waals surface area contributed by atoms with E-state index in [0.29, 0.717) is 18.7 Å². The number of carbonyl (C=O) groups excluding carboxylic acids is 1. The van der Waals surface area contributed by atoms with E-state index in [0.717, 1.165) is 16.9 Å². The summed E-state index contributed by atoms with van der Waals surface area (Å²) in [6.07, 6.45) is 1.77. The molecule has 106 valence electrons. The van der Waals surface area contributed by atoms with Crippen LogP contribution in [0.5, 0.6) is 0 Å². The number of nitrogen functional groups attached to an aromatic ring is 1. The van der Waals surface area contributed by atoms with Gasteiger partial charge in [0.05, 0.1) is 11.3 Å². The number of nitrogens with zero attached hydrogens (tertiary/aromatic N) is 3. The molecule has 0 bridgehead atoms. The normalized spacial score (nSPS) is 10.6. The van der Waals surface area contributed by atoms with Crippen LogP contribution >= 0.6 is 0 Å². The average molecular weight is 272 g/mol. The molecule has 5 nitrogen and oxygen atoms in total. The van der Waals surface area contributed by atoms with E-state index in [1.165, 1.54) is 0 Å². The van der Waals surface area contributed by atoms with Crippen LogP contribution in [0, 0.1) is 6.92 Å². The van der Waals surface area contributed by atoms with Crippen molar-refractivity contribution in [2.24, 2.45) is 7.05 Å². The van der Waals surface area contributed by atoms with Crippen molar-refractivity contribution >= 4 is 11.6 Å². The van der Waals surface area contributed by atoms with Crippen molar-refractivity contribution in [2.75, 3.05) is 12.3 Å². The smallest absolute Gasteiger partial charge is 0.257 e. The lowest BCUT2D eigenvalue weighted by molar-refractivity contribution is 0.0752. The van der Waals surface area contributed by atoms with Crippen LogP contribution in [-0.2, 0) is 13.6 Å². The van der Waals surface area contributed by atoms with Crippen LogP contribution in [-0.4, -0.2) is 27.1 Å². The van der Waals surface area contributed by atoms with Crippen molar-refractivity contribution < 1.29 is 4.79 Å². The number of aromatic nitrogens is 2. The van der Waals surface area contributed by atoms with Crippen LogP contribution in [0.25, 0.3) is 0 Å². The van der Waals surface area contributed by atoms with Crippen LogP contribution in [0.4, 0.5) is 5.69 Å². The van der Waals surface area contributed by atoms with E-state index in [9.17, 15) is 4.79 Å². The molecule has 1 amide bonds. The first-order valence-corrected chi connectivity index (χ1v) is 6.65. The van der Waals surface area contributed by atoms with E-state index in [1.807, 2.05) is 45.2 Å². The molecule has 0 unspecified atom stereocenters. The van der Waals surface area contributed by atoms with Crippen molar-refractivity contribution in [1.82, 2.24) is 14.7 Å². The number of amides is 1. The van der Waals surface area contributed by atoms with E-state index < -0.39 is 0 Å². The van der Waals surface area contributed by atoms with E-state index in [4.69, 9.17) is 5.73 Å². The summed E-state index contributed by atoms with van der Waals surface area (Å²) in [6, 6.07) is 7.59. The van der Waals surface area contributed by atoms with Crippen LogP contribution < -0.4 is 5.73 Å². The van der Waals surface area contributed by atoms with Crippen molar-refractivity contribution in [1.29, 1.82) is 0 Å². The van der Waals surface area contributed by atoms with E-state index in [1.54, 1.807) is 15.8 Å². The highest BCUT2D eigenvalue weighted by Gasteiger charge is 2.18. The van der Waals surface area contributed by atoms with E-state index >= 15 is 0 Å². The lowest BCUT2D eigenvalue weighted by Crippen LogP contribution is -2.30. The topological polar surface area (TPSA) is 64.2 Å². The minimum absolute atomic E-state index is 0.00919. The zero-order valence-corrected chi connectivity index (χ0v) is 12.1. The quantitative estimate of drug-likeness (QED) is 0.865. The Morgan fingerprint density at radius 3 is 2.50 bits per heavy atom. The van der Waals surface area contributed by atoms with Crippen molar-refractivity contribution in [3.05, 3.63) is 47.3 Å². The van der Waals surface area contributed by atoms with Gasteiger partial charge in [-0.15, -0.1) is 0 Å². The highest BCUT2D eigenvalue weighted by Crippen LogP contribution is 2.13. The highest BCUT2D eigenvalue weighted by molar-refractivity contribution is 5.95. The third-order valence-electron chi connectivity index (χ3n) is 3.27. The molecule has 2 rings (SSSR count). The molecule has 0 spiro atoms. The highest BCUT2D eigenvalue weighted by atomic mass is 16.2. The number of hydrogen-bond acceptors (Lipinski definition) is 3. The number of hydrogen-bond donors (Lipinski definition) is 1. The summed E-state index contributed by atoms with van der Waals surface area (Å²) in [7, 11) is 1.82. The van der Waals surface area contributed by atoms with Gasteiger partial charge in [0.2, 0.25) is 0 Å². The molecule has 2 aromatic rings. The van der Waals surface area contributed by atoms with Gasteiger partial charge in [0, 0.05) is 32.0 Å². The first-order valence-electron chi connectivity index (χ1n) is 6.65. The summed E-state index contributed by atoms with van der Waals surface area (Å²) in [5.41, 5.74) is 8.88. The van der Waals surface area contributed by atoms with Crippen LogP contribution in [0.1, 0.15) is 28.5 Å². The Morgan fingerprint density at radius 2 is 2.00 bits per heavy atom. The lowest BCUT2D eigenvalue weighted by atomic mass is 10.1. The third kappa shape index (κ3) is 2.99. The second kappa shape index (κ2) is 5.77. The van der Waals surface area contributed by atoms with E-state index in [2.05, 4.69) is 5.10 Å². The second-order valence-corrected chi connectivity index (χ2v) is 4.86. The first-order chi connectivity index (χ1) is 9.51. The first kappa shape index (κ1) is 14.1. The standard InChI is InChI=1S/C15H20N4O/c1-4-19(9-12-5-7-13(16)8-6-12)15(20)14-10-18(3)17-11(14)2/h5-8,10H,4,9,16H2,1-3H3. The molecule has 2 N–H and O–H groups in total. The predicted octanol–water partition coefficient (Wildman–Crippen LogP) is 1.97. The number of anilines is 1. The van der Waals surface area contributed by atoms with Crippen LogP contribution in [0.3, 0.4) is 0 Å². The lowest BCUT2D eigenvalue weighted by Gasteiger charge is -2.20. The van der Waals surface area contributed by atoms with Crippen molar-refractivity contribution in [2.45, 2.75) is 20.4 Å². The van der Waals surface area contributed by atoms with Gasteiger partial charge in [0.1, 0.15) is 0 Å². The van der Waals surface area contributed by atoms with Gasteiger partial charge in [-0.2, -0.15) is 5.10 Å². The monoisotopic (exact) mass is 272 g/mol. The fraction of sp³-hybridized carbons (Fsp3) is 0.333. The number of nitrogens with two attached hydrogens (primary N) is 1. The molecule has 0 fully saturated rings. The van der Waals surface area contributed by atoms with Gasteiger partial charge in [-0.05, 0) is 31.5 Å². The Balaban J connectivity index is 2.17. The van der Waals surface area contributed by atoms with Gasteiger partial charge in [-0.3, -0.25) is 9.48 Å². The Morgan fingerprint density at radius 1 is 1.35 bits per heavy atom. The Hall–Kier alpha value is -2.30. The molecule has 0 aliphatic carbocycles. The second-order valence-electron chi connectivity index (χ2n) is 4.86. The molecule has 1 heterocycles. The molecule has 5 heteroatoms. The summed E-state index contributed by atoms with van der Waals surface area (Å²) in [5, 5.41) is 4.22. The zero-order valence-electron chi connectivity index (χ0n) is 12.1. The Kier molecular flexibility index (Phi) is 4.08. The predicted molar refractivity (Wildman–Crippen MR) is 79.2 cm³/mol. The molecule has 0 aliphatic rings. The van der Waals surface area contributed by atoms with Gasteiger partial charge in [-0.25, -0.2) is 0 Å². The van der Waals surface area contributed by atoms with Crippen molar-refractivity contribution in [3.8, 4) is 0 Å². The molecule has 0 saturated carbocycles. The maximum Gasteiger partial charge on any atom is 0.257 e. The molecule has 0 radical (unpaired) electrons. The molecule has 20 heavy (non-hydrogen) atoms. The third-order valence-corrected chi connectivity index (χ3v) is 3.27. The zero-order chi connectivity index (χ0) is 14.7. The summed E-state index contributed by atoms with van der Waals surface area (Å²) in [4.78, 5) is 14.3. The van der Waals surface area contributed by atoms with Gasteiger partial charge < -0.3 is 10.6 Å². The molecular formula is C15H20N4O. The number of carbonyl (C=O) groups is 1. The molecule has 1 aromatic heterocycles. The average Bonchev–Trinajstić information content (AvgIpc) is 2.76. The fourth-order valence-electron chi connectivity index (χ4n) is 2.15. The van der Waals surface area contributed by atoms with Gasteiger partial charge in [0.25, 0.3) is 5.91 Å². The van der Waals surface area contributed by atoms with Crippen LogP contribution in [0.15, 0.2) is 30.5 Å². The number of benzene rings is 1. The van der Waals surface area contributed by atoms with Gasteiger partial charge >= 0.3 is 0 Å². The number of rotatable bonds is 4. The molecule has 0 aliphatic heterocycles. The SMILES string of the molecule is CCN(Cc1ccc(N)cc1)C(=O)c1cn(C)nc1C. The van der Waals surface area contributed by atoms with Gasteiger partial charge in [-0.1, -0.05) is 12.1 Å². The van der Waals surface area contributed by atoms with E-state index in [-0.39, 0.29) is 5.91 Å². The fourth-order valence-corrected chi connectivity index (χ4v) is 2.15. The van der Waals surface area contributed by atoms with Gasteiger partial charge in [0.15, 0.2) is 0 Å². The summed E-state index contributed by atoms with van der Waals surface area (Å²) in [5.74, 6) is 0.00919. The minimum Gasteiger partial charge on any atom is -0.399 e. The van der Waals surface area contributed by atoms with Crippen molar-refractivity contribution in [3.63, 3.8) is 0 Å².